The second kappa shape index (κ2) is 7.38. The Morgan fingerprint density at radius 2 is 2.25 bits per heavy atom. The highest BCUT2D eigenvalue weighted by Crippen LogP contribution is 2.29. The molecule has 20 heavy (non-hydrogen) atoms. The Labute approximate surface area is 130 Å². The fourth-order valence-electron chi connectivity index (χ4n) is 1.36. The molecule has 1 amide bonds. The van der Waals surface area contributed by atoms with E-state index in [1.807, 2.05) is 12.1 Å². The number of carbonyl (C=O) groups excluding carboxylic acids is 1. The van der Waals surface area contributed by atoms with E-state index in [0.717, 1.165) is 10.6 Å². The van der Waals surface area contributed by atoms with Gasteiger partial charge in [0.05, 0.1) is 22.7 Å². The van der Waals surface area contributed by atoms with Crippen molar-refractivity contribution in [2.75, 3.05) is 5.75 Å². The Kier molecular flexibility index (Phi) is 5.52. The predicted molar refractivity (Wildman–Crippen MR) is 83.7 cm³/mol. The van der Waals surface area contributed by atoms with Crippen molar-refractivity contribution in [2.45, 2.75) is 4.90 Å². The van der Waals surface area contributed by atoms with Crippen molar-refractivity contribution < 1.29 is 4.79 Å². The Bertz CT molecular complexity index is 614. The summed E-state index contributed by atoms with van der Waals surface area (Å²) in [6, 6.07) is 8.82. The van der Waals surface area contributed by atoms with Gasteiger partial charge in [0.15, 0.2) is 0 Å². The van der Waals surface area contributed by atoms with Gasteiger partial charge in [-0.05, 0) is 30.3 Å². The first-order valence-electron chi connectivity index (χ1n) is 5.68. The van der Waals surface area contributed by atoms with Gasteiger partial charge in [0, 0.05) is 16.1 Å². The monoisotopic (exact) mass is 327 g/mol. The second-order valence-corrected chi connectivity index (χ2v) is 5.64. The van der Waals surface area contributed by atoms with Crippen LogP contribution < -0.4 is 5.43 Å². The van der Waals surface area contributed by atoms with E-state index in [4.69, 9.17) is 23.2 Å². The molecule has 1 aromatic heterocycles. The van der Waals surface area contributed by atoms with E-state index in [1.165, 1.54) is 18.0 Å². The Morgan fingerprint density at radius 3 is 3.00 bits per heavy atom. The van der Waals surface area contributed by atoms with E-state index >= 15 is 0 Å². The molecule has 2 N–H and O–H groups in total. The molecule has 1 aromatic carbocycles. The van der Waals surface area contributed by atoms with Gasteiger partial charge in [-0.1, -0.05) is 23.2 Å². The standard InChI is InChI=1S/C13H11Cl2N3OS/c14-9-3-4-11(15)12(6-9)20-8-13(19)18-17-7-10-2-1-5-16-10/h1-7,16H,8H2,(H,18,19)/b17-7+. The van der Waals surface area contributed by atoms with Crippen molar-refractivity contribution in [3.63, 3.8) is 0 Å². The number of halogens is 2. The van der Waals surface area contributed by atoms with Crippen molar-refractivity contribution >= 4 is 47.1 Å². The SMILES string of the molecule is O=C(CSc1cc(Cl)ccc1Cl)N/N=C/c1ccc[nH]1. The number of hydrazone groups is 1. The van der Waals surface area contributed by atoms with Crippen LogP contribution in [0.15, 0.2) is 46.5 Å². The molecule has 0 atom stereocenters. The lowest BCUT2D eigenvalue weighted by atomic mass is 10.4. The first-order chi connectivity index (χ1) is 9.65. The number of nitrogens with zero attached hydrogens (tertiary/aromatic N) is 1. The number of aromatic amines is 1. The lowest BCUT2D eigenvalue weighted by Gasteiger charge is -2.03. The fraction of sp³-hybridized carbons (Fsp3) is 0.0769. The molecule has 0 aliphatic rings. The van der Waals surface area contributed by atoms with E-state index < -0.39 is 0 Å². The topological polar surface area (TPSA) is 57.2 Å². The highest BCUT2D eigenvalue weighted by atomic mass is 35.5. The van der Waals surface area contributed by atoms with Crippen molar-refractivity contribution in [3.05, 3.63) is 52.3 Å². The van der Waals surface area contributed by atoms with Gasteiger partial charge in [-0.3, -0.25) is 4.79 Å². The van der Waals surface area contributed by atoms with Crippen LogP contribution in [0.4, 0.5) is 0 Å². The number of H-pyrrole nitrogens is 1. The number of rotatable bonds is 5. The van der Waals surface area contributed by atoms with E-state index in [-0.39, 0.29) is 11.7 Å². The van der Waals surface area contributed by atoms with Crippen molar-refractivity contribution in [1.82, 2.24) is 10.4 Å². The molecule has 0 saturated carbocycles. The maximum absolute atomic E-state index is 11.6. The summed E-state index contributed by atoms with van der Waals surface area (Å²) < 4.78 is 0. The lowest BCUT2D eigenvalue weighted by Crippen LogP contribution is -2.19. The first kappa shape index (κ1) is 15.0. The summed E-state index contributed by atoms with van der Waals surface area (Å²) in [6.45, 7) is 0. The average molecular weight is 328 g/mol. The van der Waals surface area contributed by atoms with Gasteiger partial charge in [-0.25, -0.2) is 5.43 Å². The molecule has 0 unspecified atom stereocenters. The normalized spacial score (nSPS) is 10.9. The zero-order chi connectivity index (χ0) is 14.4. The molecule has 4 nitrogen and oxygen atoms in total. The molecule has 0 bridgehead atoms. The quantitative estimate of drug-likeness (QED) is 0.501. The van der Waals surface area contributed by atoms with E-state index in [1.54, 1.807) is 24.4 Å². The molecular formula is C13H11Cl2N3OS. The molecule has 0 aliphatic carbocycles. The van der Waals surface area contributed by atoms with E-state index in [2.05, 4.69) is 15.5 Å². The predicted octanol–water partition coefficient (Wildman–Crippen LogP) is 3.56. The maximum atomic E-state index is 11.6. The van der Waals surface area contributed by atoms with Crippen LogP contribution in [0.1, 0.15) is 5.69 Å². The minimum Gasteiger partial charge on any atom is -0.360 e. The number of benzene rings is 1. The summed E-state index contributed by atoms with van der Waals surface area (Å²) in [7, 11) is 0. The van der Waals surface area contributed by atoms with Crippen LogP contribution in [0.2, 0.25) is 10.0 Å². The summed E-state index contributed by atoms with van der Waals surface area (Å²) >= 11 is 13.2. The third-order valence-corrected chi connectivity index (χ3v) is 4.00. The molecule has 0 saturated heterocycles. The van der Waals surface area contributed by atoms with Gasteiger partial charge >= 0.3 is 0 Å². The van der Waals surface area contributed by atoms with Crippen LogP contribution in [0.3, 0.4) is 0 Å². The minimum atomic E-state index is -0.214. The molecule has 0 fully saturated rings. The van der Waals surface area contributed by atoms with Crippen molar-refractivity contribution in [2.24, 2.45) is 5.10 Å². The molecule has 0 radical (unpaired) electrons. The van der Waals surface area contributed by atoms with Crippen LogP contribution >= 0.6 is 35.0 Å². The summed E-state index contributed by atoms with van der Waals surface area (Å²) in [5.41, 5.74) is 3.25. The zero-order valence-corrected chi connectivity index (χ0v) is 12.6. The summed E-state index contributed by atoms with van der Waals surface area (Å²) in [5.74, 6) is -0.00358. The number of hydrogen-bond acceptors (Lipinski definition) is 3. The van der Waals surface area contributed by atoms with Crippen LogP contribution in [-0.4, -0.2) is 22.9 Å². The van der Waals surface area contributed by atoms with Gasteiger partial charge in [-0.15, -0.1) is 11.8 Å². The van der Waals surface area contributed by atoms with Gasteiger partial charge in [-0.2, -0.15) is 5.10 Å². The van der Waals surface area contributed by atoms with Gasteiger partial charge in [0.1, 0.15) is 0 Å². The summed E-state index contributed by atoms with van der Waals surface area (Å²) in [5, 5.41) is 4.99. The maximum Gasteiger partial charge on any atom is 0.250 e. The van der Waals surface area contributed by atoms with Crippen LogP contribution in [0.5, 0.6) is 0 Å². The molecule has 1 heterocycles. The van der Waals surface area contributed by atoms with Crippen LogP contribution in [-0.2, 0) is 4.79 Å². The van der Waals surface area contributed by atoms with Crippen LogP contribution in [0.25, 0.3) is 0 Å². The zero-order valence-electron chi connectivity index (χ0n) is 10.3. The van der Waals surface area contributed by atoms with Crippen molar-refractivity contribution in [3.8, 4) is 0 Å². The molecule has 0 aliphatic heterocycles. The number of nitrogens with one attached hydrogen (secondary N) is 2. The van der Waals surface area contributed by atoms with Gasteiger partial charge in [0.2, 0.25) is 5.91 Å². The summed E-state index contributed by atoms with van der Waals surface area (Å²) in [6.07, 6.45) is 3.31. The van der Waals surface area contributed by atoms with Crippen LogP contribution in [0, 0.1) is 0 Å². The number of amides is 1. The molecular weight excluding hydrogens is 317 g/mol. The molecule has 0 spiro atoms. The van der Waals surface area contributed by atoms with Gasteiger partial charge < -0.3 is 4.98 Å². The van der Waals surface area contributed by atoms with Gasteiger partial charge in [0.25, 0.3) is 0 Å². The fourth-order valence-corrected chi connectivity index (χ4v) is 2.65. The number of carbonyl (C=O) groups is 1. The highest BCUT2D eigenvalue weighted by Gasteiger charge is 2.06. The molecule has 104 valence electrons. The third kappa shape index (κ3) is 4.59. The Hall–Kier alpha value is -1.43. The average Bonchev–Trinajstić information content (AvgIpc) is 2.93. The van der Waals surface area contributed by atoms with E-state index in [9.17, 15) is 4.79 Å². The Morgan fingerprint density at radius 1 is 1.40 bits per heavy atom. The highest BCUT2D eigenvalue weighted by molar-refractivity contribution is 8.00. The van der Waals surface area contributed by atoms with E-state index in [0.29, 0.717) is 10.0 Å². The second-order valence-electron chi connectivity index (χ2n) is 3.78. The summed E-state index contributed by atoms with van der Waals surface area (Å²) in [4.78, 5) is 15.3. The minimum absolute atomic E-state index is 0.210. The van der Waals surface area contributed by atoms with Crippen molar-refractivity contribution in [1.29, 1.82) is 0 Å². The first-order valence-corrected chi connectivity index (χ1v) is 7.42. The number of thioether (sulfide) groups is 1. The Balaban J connectivity index is 1.82. The number of hydrogen-bond donors (Lipinski definition) is 2. The number of aromatic nitrogens is 1. The smallest absolute Gasteiger partial charge is 0.250 e. The molecule has 2 aromatic rings. The largest absolute Gasteiger partial charge is 0.360 e. The molecule has 7 heteroatoms. The third-order valence-electron chi connectivity index (χ3n) is 2.27. The lowest BCUT2D eigenvalue weighted by molar-refractivity contribution is -0.118. The molecule has 2 rings (SSSR count).